The summed E-state index contributed by atoms with van der Waals surface area (Å²) in [5, 5.41) is 0.488. The first-order valence-electron chi connectivity index (χ1n) is 15.9. The molecular weight excluding hydrogens is 640 g/mol. The van der Waals surface area contributed by atoms with Gasteiger partial charge in [0.1, 0.15) is 11.6 Å². The number of halogens is 6. The van der Waals surface area contributed by atoms with Crippen molar-refractivity contribution in [2.75, 3.05) is 13.1 Å². The molecule has 15 heteroatoms. The molecule has 2 fully saturated rings. The highest BCUT2D eigenvalue weighted by molar-refractivity contribution is 5.87. The van der Waals surface area contributed by atoms with E-state index in [4.69, 9.17) is 11.5 Å². The van der Waals surface area contributed by atoms with Crippen molar-refractivity contribution in [1.29, 1.82) is 0 Å². The zero-order chi connectivity index (χ0) is 34.7. The Balaban J connectivity index is 1.46. The zero-order valence-electron chi connectivity index (χ0n) is 26.5. The number of alkyl halides is 4. The fraction of sp³-hybridized carbons (Fsp3) is 0.485. The second kappa shape index (κ2) is 12.4. The van der Waals surface area contributed by atoms with Crippen LogP contribution in [-0.4, -0.2) is 84.8 Å². The predicted octanol–water partition coefficient (Wildman–Crippen LogP) is 4.75. The molecule has 2 aromatic heterocycles. The van der Waals surface area contributed by atoms with Gasteiger partial charge in [0, 0.05) is 43.1 Å². The third-order valence-electron chi connectivity index (χ3n) is 9.44. The third-order valence-corrected chi connectivity index (χ3v) is 9.44. The second-order valence-corrected chi connectivity index (χ2v) is 12.9. The van der Waals surface area contributed by atoms with Crippen LogP contribution < -0.4 is 11.5 Å². The summed E-state index contributed by atoms with van der Waals surface area (Å²) in [7, 11) is 0. The molecule has 4 atom stereocenters. The molecule has 0 saturated carbocycles. The van der Waals surface area contributed by atoms with E-state index < -0.39 is 85.4 Å². The number of benzene rings is 2. The Hall–Kier alpha value is -4.11. The minimum atomic E-state index is -3.18. The normalized spacial score (nSPS) is 21.8. The van der Waals surface area contributed by atoms with Crippen LogP contribution in [0.15, 0.2) is 42.6 Å². The van der Waals surface area contributed by atoms with E-state index in [2.05, 4.69) is 4.98 Å². The highest BCUT2D eigenvalue weighted by Crippen LogP contribution is 2.38. The van der Waals surface area contributed by atoms with Crippen molar-refractivity contribution in [3.05, 3.63) is 59.8 Å². The first-order valence-corrected chi connectivity index (χ1v) is 15.9. The Morgan fingerprint density at radius 2 is 1.42 bits per heavy atom. The van der Waals surface area contributed by atoms with Crippen molar-refractivity contribution < 1.29 is 35.9 Å². The van der Waals surface area contributed by atoms with Gasteiger partial charge in [-0.2, -0.15) is 0 Å². The number of fused-ring (bicyclic) bond motifs is 2. The Morgan fingerprint density at radius 1 is 0.854 bits per heavy atom. The lowest BCUT2D eigenvalue weighted by Gasteiger charge is -2.27. The van der Waals surface area contributed by atoms with Crippen LogP contribution >= 0.6 is 0 Å². The van der Waals surface area contributed by atoms with Crippen molar-refractivity contribution in [3.8, 4) is 5.95 Å². The highest BCUT2D eigenvalue weighted by atomic mass is 19.3. The number of likely N-dealkylation sites (tertiary alicyclic amines) is 2. The summed E-state index contributed by atoms with van der Waals surface area (Å²) in [5.74, 6) is -8.63. The highest BCUT2D eigenvalue weighted by Gasteiger charge is 2.49. The van der Waals surface area contributed by atoms with Gasteiger partial charge in [-0.15, -0.1) is 0 Å². The number of aromatic nitrogens is 3. The molecule has 2 aliphatic rings. The van der Waals surface area contributed by atoms with Crippen molar-refractivity contribution in [3.63, 3.8) is 0 Å². The van der Waals surface area contributed by atoms with Crippen LogP contribution in [0, 0.1) is 11.6 Å². The molecule has 2 aliphatic heterocycles. The van der Waals surface area contributed by atoms with Gasteiger partial charge < -0.3 is 25.8 Å². The van der Waals surface area contributed by atoms with Gasteiger partial charge in [0.25, 0.3) is 11.8 Å². The fourth-order valence-corrected chi connectivity index (χ4v) is 6.95. The fourth-order valence-electron chi connectivity index (χ4n) is 6.95. The van der Waals surface area contributed by atoms with E-state index >= 15 is 0 Å². The number of rotatable bonds is 9. The number of amides is 2. The smallest absolute Gasteiger partial charge is 0.267 e. The number of hydrogen-bond donors (Lipinski definition) is 2. The molecule has 258 valence electrons. The maximum absolute atomic E-state index is 14.8. The van der Waals surface area contributed by atoms with E-state index in [0.29, 0.717) is 16.5 Å². The van der Waals surface area contributed by atoms with Crippen molar-refractivity contribution in [2.45, 2.75) is 88.5 Å². The number of carbonyl (C=O) groups is 2. The molecule has 1 unspecified atom stereocenters. The summed E-state index contributed by atoms with van der Waals surface area (Å²) in [6.45, 7) is 1.60. The quantitative estimate of drug-likeness (QED) is 0.248. The largest absolute Gasteiger partial charge is 0.332 e. The van der Waals surface area contributed by atoms with E-state index in [1.165, 1.54) is 41.0 Å². The molecule has 2 saturated heterocycles. The maximum Gasteiger partial charge on any atom is 0.267 e. The molecule has 2 aromatic carbocycles. The SMILES string of the molecule is CC[C@H](N)C(=O)N1CC(F)(F)CC1Cn1c(-n2cc(C[C@@H]3CC(F)(F)CN3C(=O)[C@@H](N)CC)c3ccc(F)cc32)nc2cc(F)ccc21. The van der Waals surface area contributed by atoms with Crippen LogP contribution in [0.5, 0.6) is 0 Å². The van der Waals surface area contributed by atoms with Crippen molar-refractivity contribution in [1.82, 2.24) is 23.9 Å². The van der Waals surface area contributed by atoms with Gasteiger partial charge in [0.2, 0.25) is 17.8 Å². The Bertz CT molecular complexity index is 1870. The minimum Gasteiger partial charge on any atom is -0.332 e. The number of nitrogens with two attached hydrogens (primary N) is 2. The number of hydrogen-bond acceptors (Lipinski definition) is 5. The van der Waals surface area contributed by atoms with Crippen LogP contribution in [0.25, 0.3) is 27.9 Å². The van der Waals surface area contributed by atoms with E-state index in [-0.39, 0.29) is 42.8 Å². The first kappa shape index (κ1) is 33.8. The summed E-state index contributed by atoms with van der Waals surface area (Å²) < 4.78 is 91.3. The molecule has 0 bridgehead atoms. The number of nitrogens with zero attached hydrogens (tertiary/aromatic N) is 5. The van der Waals surface area contributed by atoms with Gasteiger partial charge in [-0.25, -0.2) is 31.3 Å². The lowest BCUT2D eigenvalue weighted by Crippen LogP contribution is -2.47. The molecule has 0 spiro atoms. The number of imidazole rings is 1. The molecule has 48 heavy (non-hydrogen) atoms. The molecule has 4 aromatic rings. The summed E-state index contributed by atoms with van der Waals surface area (Å²) >= 11 is 0. The van der Waals surface area contributed by atoms with Crippen LogP contribution in [0.4, 0.5) is 26.3 Å². The Morgan fingerprint density at radius 3 is 2.04 bits per heavy atom. The van der Waals surface area contributed by atoms with Crippen LogP contribution in [0.3, 0.4) is 0 Å². The molecule has 9 nitrogen and oxygen atoms in total. The molecular formula is C33H37F6N7O2. The molecule has 0 aliphatic carbocycles. The average Bonchev–Trinajstić information content (AvgIpc) is 3.75. The topological polar surface area (TPSA) is 115 Å². The van der Waals surface area contributed by atoms with Gasteiger partial charge in [0.05, 0.1) is 47.8 Å². The van der Waals surface area contributed by atoms with E-state index in [9.17, 15) is 35.9 Å². The predicted molar refractivity (Wildman–Crippen MR) is 167 cm³/mol. The Labute approximate surface area is 272 Å². The van der Waals surface area contributed by atoms with Crippen LogP contribution in [-0.2, 0) is 22.6 Å². The first-order chi connectivity index (χ1) is 22.6. The van der Waals surface area contributed by atoms with Crippen molar-refractivity contribution >= 4 is 33.8 Å². The monoisotopic (exact) mass is 677 g/mol. The summed E-state index contributed by atoms with van der Waals surface area (Å²) in [4.78, 5) is 32.9. The summed E-state index contributed by atoms with van der Waals surface area (Å²) in [5.41, 5.74) is 13.2. The molecule has 4 heterocycles. The van der Waals surface area contributed by atoms with E-state index in [1.54, 1.807) is 24.6 Å². The zero-order valence-corrected chi connectivity index (χ0v) is 26.5. The van der Waals surface area contributed by atoms with Gasteiger partial charge in [-0.1, -0.05) is 13.8 Å². The minimum absolute atomic E-state index is 0.0201. The lowest BCUT2D eigenvalue weighted by molar-refractivity contribution is -0.135. The molecule has 4 N–H and O–H groups in total. The van der Waals surface area contributed by atoms with Crippen molar-refractivity contribution in [2.24, 2.45) is 11.5 Å². The van der Waals surface area contributed by atoms with Gasteiger partial charge in [-0.05, 0) is 55.2 Å². The summed E-state index contributed by atoms with van der Waals surface area (Å²) in [6.07, 6.45) is 0.825. The lowest BCUT2D eigenvalue weighted by atomic mass is 10.0. The molecule has 6 rings (SSSR count). The second-order valence-electron chi connectivity index (χ2n) is 12.9. The Kier molecular flexibility index (Phi) is 8.73. The van der Waals surface area contributed by atoms with Gasteiger partial charge in [0.15, 0.2) is 0 Å². The van der Waals surface area contributed by atoms with E-state index in [1.807, 2.05) is 0 Å². The van der Waals surface area contributed by atoms with Gasteiger partial charge in [-0.3, -0.25) is 14.2 Å². The van der Waals surface area contributed by atoms with Crippen LogP contribution in [0.1, 0.15) is 45.1 Å². The van der Waals surface area contributed by atoms with Crippen LogP contribution in [0.2, 0.25) is 0 Å². The van der Waals surface area contributed by atoms with E-state index in [0.717, 1.165) is 9.80 Å². The standard InChI is InChI=1S/C33H37F6N7O2/c1-3-24(40)29(47)45-16-32(36,37)12-21(45)9-18-14-43(28-11-20(35)5-7-23(18)28)31-42-26-10-19(34)6-8-27(26)44(31)15-22-13-33(38,39)17-46(22)30(48)25(41)4-2/h5-8,10-11,14,21-22,24-25H,3-4,9,12-13,15-17,40-41H2,1-2H3/t21-,22?,24+,25+/m1/s1. The third kappa shape index (κ3) is 6.25. The van der Waals surface area contributed by atoms with Gasteiger partial charge >= 0.3 is 0 Å². The number of carbonyl (C=O) groups excluding carboxylic acids is 2. The summed E-state index contributed by atoms with van der Waals surface area (Å²) in [6, 6.07) is 3.89. The maximum atomic E-state index is 14.8. The molecule has 2 amide bonds. The average molecular weight is 678 g/mol. The molecule has 0 radical (unpaired) electrons.